The van der Waals surface area contributed by atoms with Gasteiger partial charge in [0.2, 0.25) is 5.89 Å². The molecule has 0 radical (unpaired) electrons. The second-order valence-electron chi connectivity index (χ2n) is 5.32. The molecule has 1 aliphatic carbocycles. The van der Waals surface area contributed by atoms with Gasteiger partial charge in [-0.2, -0.15) is 4.98 Å². The lowest BCUT2D eigenvalue weighted by molar-refractivity contribution is -0.179. The van der Waals surface area contributed by atoms with Crippen LogP contribution in [0.5, 0.6) is 0 Å². The van der Waals surface area contributed by atoms with E-state index in [-0.39, 0.29) is 5.79 Å². The van der Waals surface area contributed by atoms with Crippen LogP contribution in [0.4, 0.5) is 0 Å². The Kier molecular flexibility index (Phi) is 3.81. The van der Waals surface area contributed by atoms with Gasteiger partial charge >= 0.3 is 0 Å². The summed E-state index contributed by atoms with van der Waals surface area (Å²) in [5.41, 5.74) is 0. The minimum Gasteiger partial charge on any atom is -0.348 e. The summed E-state index contributed by atoms with van der Waals surface area (Å²) >= 11 is 0. The van der Waals surface area contributed by atoms with Crippen LogP contribution in [0.2, 0.25) is 0 Å². The zero-order chi connectivity index (χ0) is 13.1. The van der Waals surface area contributed by atoms with Gasteiger partial charge in [0.25, 0.3) is 0 Å². The zero-order valence-corrected chi connectivity index (χ0v) is 11.4. The quantitative estimate of drug-likeness (QED) is 0.884. The van der Waals surface area contributed by atoms with Crippen molar-refractivity contribution >= 4 is 0 Å². The van der Waals surface area contributed by atoms with E-state index in [0.29, 0.717) is 17.8 Å². The average Bonchev–Trinajstić information content (AvgIpc) is 3.02. The third-order valence-electron chi connectivity index (χ3n) is 3.90. The molecule has 2 fully saturated rings. The Bertz CT molecular complexity index is 405. The Morgan fingerprint density at radius 1 is 1.26 bits per heavy atom. The second-order valence-corrected chi connectivity index (χ2v) is 5.32. The van der Waals surface area contributed by atoms with Crippen molar-refractivity contribution in [1.29, 1.82) is 0 Å². The first-order valence-corrected chi connectivity index (χ1v) is 7.06. The molecule has 0 atom stereocenters. The summed E-state index contributed by atoms with van der Waals surface area (Å²) in [4.78, 5) is 4.19. The molecule has 2 heterocycles. The van der Waals surface area contributed by atoms with E-state index in [4.69, 9.17) is 14.0 Å². The highest BCUT2D eigenvalue weighted by molar-refractivity contribution is 4.87. The number of hydrogen-bond acceptors (Lipinski definition) is 6. The van der Waals surface area contributed by atoms with Gasteiger partial charge in [0, 0.05) is 31.8 Å². The molecule has 1 aromatic heterocycles. The summed E-state index contributed by atoms with van der Waals surface area (Å²) in [6.45, 7) is 4.20. The van der Waals surface area contributed by atoms with E-state index < -0.39 is 0 Å². The van der Waals surface area contributed by atoms with E-state index >= 15 is 0 Å². The smallest absolute Gasteiger partial charge is 0.227 e. The highest BCUT2D eigenvalue weighted by Crippen LogP contribution is 2.35. The van der Waals surface area contributed by atoms with Crippen molar-refractivity contribution in [2.75, 3.05) is 19.8 Å². The molecule has 1 N–H and O–H groups in total. The van der Waals surface area contributed by atoms with Crippen LogP contribution >= 0.6 is 0 Å². The predicted molar refractivity (Wildman–Crippen MR) is 67.6 cm³/mol. The first kappa shape index (κ1) is 13.0. The number of nitrogens with zero attached hydrogens (tertiary/aromatic N) is 2. The van der Waals surface area contributed by atoms with Crippen LogP contribution in [0, 0.1) is 6.92 Å². The number of ether oxygens (including phenoxy) is 2. The molecule has 1 aromatic rings. The molecule has 106 valence electrons. The van der Waals surface area contributed by atoms with E-state index in [2.05, 4.69) is 15.5 Å². The molecule has 1 saturated heterocycles. The largest absolute Gasteiger partial charge is 0.348 e. The van der Waals surface area contributed by atoms with Crippen LogP contribution in [0.3, 0.4) is 0 Å². The molecule has 6 nitrogen and oxygen atoms in total. The first-order chi connectivity index (χ1) is 9.26. The zero-order valence-electron chi connectivity index (χ0n) is 11.4. The Hall–Kier alpha value is -0.980. The van der Waals surface area contributed by atoms with Gasteiger partial charge in [0.15, 0.2) is 11.6 Å². The SMILES string of the molecule is Cc1noc(CCNC2CCC3(CC2)OCCO3)n1. The molecule has 0 bridgehead atoms. The highest BCUT2D eigenvalue weighted by atomic mass is 16.7. The molecule has 1 aliphatic heterocycles. The number of nitrogens with one attached hydrogen (secondary N) is 1. The highest BCUT2D eigenvalue weighted by Gasteiger charge is 2.40. The second kappa shape index (κ2) is 5.56. The molecule has 6 heteroatoms. The maximum Gasteiger partial charge on any atom is 0.227 e. The van der Waals surface area contributed by atoms with Crippen LogP contribution < -0.4 is 5.32 Å². The summed E-state index contributed by atoms with van der Waals surface area (Å²) in [5, 5.41) is 7.33. The summed E-state index contributed by atoms with van der Waals surface area (Å²) in [5.74, 6) is 1.15. The maximum atomic E-state index is 5.72. The van der Waals surface area contributed by atoms with Crippen LogP contribution in [0.1, 0.15) is 37.4 Å². The third-order valence-corrected chi connectivity index (χ3v) is 3.90. The molecular weight excluding hydrogens is 246 g/mol. The van der Waals surface area contributed by atoms with Crippen molar-refractivity contribution in [3.63, 3.8) is 0 Å². The fourth-order valence-corrected chi connectivity index (χ4v) is 2.87. The van der Waals surface area contributed by atoms with Crippen molar-refractivity contribution in [1.82, 2.24) is 15.5 Å². The van der Waals surface area contributed by atoms with Crippen LogP contribution in [-0.2, 0) is 15.9 Å². The van der Waals surface area contributed by atoms with Gasteiger partial charge in [0.05, 0.1) is 13.2 Å². The Labute approximate surface area is 112 Å². The maximum absolute atomic E-state index is 5.72. The summed E-state index contributed by atoms with van der Waals surface area (Å²) in [7, 11) is 0. The Morgan fingerprint density at radius 3 is 2.63 bits per heavy atom. The monoisotopic (exact) mass is 267 g/mol. The summed E-state index contributed by atoms with van der Waals surface area (Å²) in [6.07, 6.45) is 4.97. The van der Waals surface area contributed by atoms with E-state index in [0.717, 1.165) is 51.9 Å². The fourth-order valence-electron chi connectivity index (χ4n) is 2.87. The van der Waals surface area contributed by atoms with Crippen molar-refractivity contribution < 1.29 is 14.0 Å². The molecule has 1 spiro atoms. The number of hydrogen-bond donors (Lipinski definition) is 1. The van der Waals surface area contributed by atoms with Gasteiger partial charge in [-0.25, -0.2) is 0 Å². The molecule has 0 aromatic carbocycles. The predicted octanol–water partition coefficient (Wildman–Crippen LogP) is 1.20. The van der Waals surface area contributed by atoms with Crippen molar-refractivity contribution in [2.24, 2.45) is 0 Å². The Balaban J connectivity index is 1.38. The number of aromatic nitrogens is 2. The minimum absolute atomic E-state index is 0.262. The lowest BCUT2D eigenvalue weighted by Crippen LogP contribution is -2.42. The van der Waals surface area contributed by atoms with Crippen molar-refractivity contribution in [3.8, 4) is 0 Å². The summed E-state index contributed by atoms with van der Waals surface area (Å²) < 4.78 is 16.5. The van der Waals surface area contributed by atoms with E-state index in [9.17, 15) is 0 Å². The van der Waals surface area contributed by atoms with Gasteiger partial charge in [-0.1, -0.05) is 5.16 Å². The van der Waals surface area contributed by atoms with Gasteiger partial charge in [-0.15, -0.1) is 0 Å². The topological polar surface area (TPSA) is 69.4 Å². The molecule has 0 unspecified atom stereocenters. The van der Waals surface area contributed by atoms with Crippen LogP contribution in [-0.4, -0.2) is 41.7 Å². The Morgan fingerprint density at radius 2 is 2.00 bits per heavy atom. The fraction of sp³-hybridized carbons (Fsp3) is 0.846. The van der Waals surface area contributed by atoms with E-state index in [1.54, 1.807) is 0 Å². The summed E-state index contributed by atoms with van der Waals surface area (Å²) in [6, 6.07) is 0.544. The molecule has 1 saturated carbocycles. The van der Waals surface area contributed by atoms with Gasteiger partial charge in [0.1, 0.15) is 0 Å². The van der Waals surface area contributed by atoms with Crippen LogP contribution in [0.25, 0.3) is 0 Å². The molecular formula is C13H21N3O3. The van der Waals surface area contributed by atoms with E-state index in [1.165, 1.54) is 0 Å². The lowest BCUT2D eigenvalue weighted by atomic mass is 9.90. The number of aryl methyl sites for hydroxylation is 1. The first-order valence-electron chi connectivity index (χ1n) is 7.06. The normalized spacial score (nSPS) is 23.2. The molecule has 3 rings (SSSR count). The average molecular weight is 267 g/mol. The van der Waals surface area contributed by atoms with Crippen molar-refractivity contribution in [2.45, 2.75) is 50.9 Å². The van der Waals surface area contributed by atoms with Gasteiger partial charge in [-0.3, -0.25) is 0 Å². The van der Waals surface area contributed by atoms with Crippen molar-refractivity contribution in [3.05, 3.63) is 11.7 Å². The van der Waals surface area contributed by atoms with Gasteiger partial charge < -0.3 is 19.3 Å². The molecule has 0 amide bonds. The third kappa shape index (κ3) is 3.13. The standard InChI is InChI=1S/C13H21N3O3/c1-10-15-12(19-16-10)4-7-14-11-2-5-13(6-3-11)17-8-9-18-13/h11,14H,2-9H2,1H3. The van der Waals surface area contributed by atoms with Gasteiger partial charge in [-0.05, 0) is 19.8 Å². The molecule has 19 heavy (non-hydrogen) atoms. The number of rotatable bonds is 4. The van der Waals surface area contributed by atoms with E-state index in [1.807, 2.05) is 6.92 Å². The minimum atomic E-state index is -0.262. The molecule has 2 aliphatic rings. The lowest BCUT2D eigenvalue weighted by Gasteiger charge is -2.35. The van der Waals surface area contributed by atoms with Crippen LogP contribution in [0.15, 0.2) is 4.52 Å².